The van der Waals surface area contributed by atoms with Crippen molar-refractivity contribution in [1.29, 1.82) is 0 Å². The van der Waals surface area contributed by atoms with Gasteiger partial charge in [-0.05, 0) is 70.6 Å². The molecular weight excluding hydrogens is 757 g/mol. The summed E-state index contributed by atoms with van der Waals surface area (Å²) in [6.07, 6.45) is 57.3. The molecule has 0 rings (SSSR count). The van der Waals surface area contributed by atoms with Crippen LogP contribution in [-0.4, -0.2) is 37.2 Å². The van der Waals surface area contributed by atoms with Crippen molar-refractivity contribution < 1.29 is 28.6 Å². The lowest BCUT2D eigenvalue weighted by molar-refractivity contribution is -0.167. The summed E-state index contributed by atoms with van der Waals surface area (Å²) in [7, 11) is 0. The van der Waals surface area contributed by atoms with E-state index in [1.54, 1.807) is 0 Å². The van der Waals surface area contributed by atoms with Gasteiger partial charge in [0.2, 0.25) is 0 Å². The van der Waals surface area contributed by atoms with Gasteiger partial charge in [0.25, 0.3) is 0 Å². The quantitative estimate of drug-likeness (QED) is 0.0262. The molecule has 0 heterocycles. The Morgan fingerprint density at radius 1 is 0.311 bits per heavy atom. The Kier molecular flexibility index (Phi) is 48.8. The minimum Gasteiger partial charge on any atom is -0.462 e. The average molecular weight is 859 g/mol. The summed E-state index contributed by atoms with van der Waals surface area (Å²) in [6, 6.07) is 0. The molecule has 358 valence electrons. The van der Waals surface area contributed by atoms with E-state index in [4.69, 9.17) is 14.2 Å². The normalized spacial score (nSPS) is 12.1. The molecule has 6 heteroatoms. The molecule has 0 N–H and O–H groups in total. The molecule has 0 amide bonds. The molecule has 0 saturated carbocycles. The number of hydrogen-bond acceptors (Lipinski definition) is 6. The van der Waals surface area contributed by atoms with Crippen molar-refractivity contribution >= 4 is 17.9 Å². The maximum atomic E-state index is 12.8. The van der Waals surface area contributed by atoms with Crippen LogP contribution in [0.25, 0.3) is 0 Å². The predicted octanol–water partition coefficient (Wildman–Crippen LogP) is 17.5. The summed E-state index contributed by atoms with van der Waals surface area (Å²) in [6.45, 7) is 6.63. The van der Waals surface area contributed by atoms with Gasteiger partial charge >= 0.3 is 17.9 Å². The summed E-state index contributed by atoms with van der Waals surface area (Å²) in [5, 5.41) is 0. The van der Waals surface area contributed by atoms with Gasteiger partial charge < -0.3 is 14.2 Å². The summed E-state index contributed by atoms with van der Waals surface area (Å²) in [5.41, 5.74) is 0. The third-order valence-electron chi connectivity index (χ3n) is 11.9. The summed E-state index contributed by atoms with van der Waals surface area (Å²) < 4.78 is 16.8. The van der Waals surface area contributed by atoms with Gasteiger partial charge in [-0.15, -0.1) is 0 Å². The highest BCUT2D eigenvalue weighted by Gasteiger charge is 2.19. The zero-order chi connectivity index (χ0) is 44.4. The summed E-state index contributed by atoms with van der Waals surface area (Å²) in [5.74, 6) is -0.870. The average Bonchev–Trinajstić information content (AvgIpc) is 3.26. The van der Waals surface area contributed by atoms with E-state index in [1.807, 2.05) is 0 Å². The lowest BCUT2D eigenvalue weighted by Gasteiger charge is -2.18. The molecule has 0 aliphatic rings. The molecule has 0 unspecified atom stereocenters. The number of carbonyl (C=O) groups excluding carboxylic acids is 3. The van der Waals surface area contributed by atoms with Crippen LogP contribution in [0.4, 0.5) is 0 Å². The van der Waals surface area contributed by atoms with Crippen molar-refractivity contribution in [2.45, 2.75) is 297 Å². The molecule has 6 nitrogen and oxygen atoms in total. The maximum absolute atomic E-state index is 12.8. The first-order valence-corrected chi connectivity index (χ1v) is 26.8. The van der Waals surface area contributed by atoms with Crippen LogP contribution in [0.1, 0.15) is 290 Å². The number of unbranched alkanes of at least 4 members (excludes halogenated alkanes) is 34. The Labute approximate surface area is 379 Å². The number of rotatable bonds is 49. The van der Waals surface area contributed by atoms with Crippen LogP contribution in [0.3, 0.4) is 0 Å². The zero-order valence-corrected chi connectivity index (χ0v) is 40.9. The minimum atomic E-state index is -0.772. The lowest BCUT2D eigenvalue weighted by Crippen LogP contribution is -2.30. The van der Waals surface area contributed by atoms with Crippen molar-refractivity contribution in [3.63, 3.8) is 0 Å². The monoisotopic (exact) mass is 859 g/mol. The maximum Gasteiger partial charge on any atom is 0.306 e. The van der Waals surface area contributed by atoms with Crippen molar-refractivity contribution in [1.82, 2.24) is 0 Å². The van der Waals surface area contributed by atoms with E-state index in [0.29, 0.717) is 19.3 Å². The van der Waals surface area contributed by atoms with Gasteiger partial charge in [-0.25, -0.2) is 0 Å². The van der Waals surface area contributed by atoms with Gasteiger partial charge in [-0.2, -0.15) is 0 Å². The standard InChI is InChI=1S/C55H102O6/c1-4-7-10-13-16-19-22-25-27-30-33-36-39-42-45-48-54(57)60-51-52(50-59-53(56)47-44-41-38-35-32-29-24-21-18-15-12-9-6-3)61-55(58)49-46-43-40-37-34-31-28-26-23-20-17-14-11-8-5-2/h20-21,23-24,52H,4-19,22,25-51H2,1-3H3/b23-20-,24-21-/t52-/m1/s1. The van der Waals surface area contributed by atoms with E-state index in [1.165, 1.54) is 186 Å². The van der Waals surface area contributed by atoms with Crippen LogP contribution in [0.15, 0.2) is 24.3 Å². The van der Waals surface area contributed by atoms with Gasteiger partial charge in [0, 0.05) is 19.3 Å². The van der Waals surface area contributed by atoms with E-state index >= 15 is 0 Å². The van der Waals surface area contributed by atoms with E-state index in [-0.39, 0.29) is 31.1 Å². The van der Waals surface area contributed by atoms with Crippen LogP contribution in [-0.2, 0) is 28.6 Å². The smallest absolute Gasteiger partial charge is 0.306 e. The third-order valence-corrected chi connectivity index (χ3v) is 11.9. The molecule has 0 saturated heterocycles. The highest BCUT2D eigenvalue weighted by atomic mass is 16.6. The van der Waals surface area contributed by atoms with E-state index in [2.05, 4.69) is 45.1 Å². The topological polar surface area (TPSA) is 78.9 Å². The van der Waals surface area contributed by atoms with Gasteiger partial charge in [-0.3, -0.25) is 14.4 Å². The van der Waals surface area contributed by atoms with Gasteiger partial charge in [0.1, 0.15) is 13.2 Å². The number of allylic oxidation sites excluding steroid dienone is 4. The lowest BCUT2D eigenvalue weighted by atomic mass is 10.0. The number of esters is 3. The Balaban J connectivity index is 4.35. The van der Waals surface area contributed by atoms with Gasteiger partial charge in [-0.1, -0.05) is 225 Å². The van der Waals surface area contributed by atoms with E-state index < -0.39 is 6.10 Å². The molecule has 0 aromatic rings. The van der Waals surface area contributed by atoms with E-state index in [0.717, 1.165) is 64.2 Å². The summed E-state index contributed by atoms with van der Waals surface area (Å²) in [4.78, 5) is 38.0. The molecule has 0 aliphatic heterocycles. The van der Waals surface area contributed by atoms with Gasteiger partial charge in [0.15, 0.2) is 6.10 Å². The first kappa shape index (κ1) is 58.9. The number of ether oxygens (including phenoxy) is 3. The van der Waals surface area contributed by atoms with Crippen LogP contribution in [0, 0.1) is 0 Å². The second kappa shape index (κ2) is 50.5. The van der Waals surface area contributed by atoms with Crippen LogP contribution in [0.5, 0.6) is 0 Å². The van der Waals surface area contributed by atoms with Crippen molar-refractivity contribution in [3.8, 4) is 0 Å². The van der Waals surface area contributed by atoms with Crippen LogP contribution in [0.2, 0.25) is 0 Å². The molecule has 0 aromatic heterocycles. The second-order valence-electron chi connectivity index (χ2n) is 18.1. The molecule has 1 atom stereocenters. The largest absolute Gasteiger partial charge is 0.462 e. The molecule has 0 spiro atoms. The molecule has 61 heavy (non-hydrogen) atoms. The van der Waals surface area contributed by atoms with Gasteiger partial charge in [0.05, 0.1) is 0 Å². The Bertz CT molecular complexity index is 989. The molecule has 0 bridgehead atoms. The number of carbonyl (C=O) groups is 3. The third kappa shape index (κ3) is 48.8. The Hall–Kier alpha value is -2.11. The number of hydrogen-bond donors (Lipinski definition) is 0. The summed E-state index contributed by atoms with van der Waals surface area (Å²) >= 11 is 0. The van der Waals surface area contributed by atoms with Crippen molar-refractivity contribution in [3.05, 3.63) is 24.3 Å². The molecule has 0 fully saturated rings. The van der Waals surface area contributed by atoms with E-state index in [9.17, 15) is 14.4 Å². The molecule has 0 aromatic carbocycles. The zero-order valence-electron chi connectivity index (χ0n) is 40.9. The van der Waals surface area contributed by atoms with Crippen molar-refractivity contribution in [2.75, 3.05) is 13.2 Å². The highest BCUT2D eigenvalue weighted by Crippen LogP contribution is 2.16. The molecule has 0 aliphatic carbocycles. The fourth-order valence-electron chi connectivity index (χ4n) is 7.84. The highest BCUT2D eigenvalue weighted by molar-refractivity contribution is 5.71. The minimum absolute atomic E-state index is 0.0716. The second-order valence-corrected chi connectivity index (χ2v) is 18.1. The molecular formula is C55H102O6. The van der Waals surface area contributed by atoms with Crippen LogP contribution < -0.4 is 0 Å². The Morgan fingerprint density at radius 3 is 0.836 bits per heavy atom. The molecule has 0 radical (unpaired) electrons. The predicted molar refractivity (Wildman–Crippen MR) is 261 cm³/mol. The van der Waals surface area contributed by atoms with Crippen LogP contribution >= 0.6 is 0 Å². The Morgan fingerprint density at radius 2 is 0.541 bits per heavy atom. The van der Waals surface area contributed by atoms with Crippen molar-refractivity contribution in [2.24, 2.45) is 0 Å². The first-order valence-electron chi connectivity index (χ1n) is 26.8. The fraction of sp³-hybridized carbons (Fsp3) is 0.873. The SMILES string of the molecule is CCCCCC/C=C\CCCCCCCCCC(=O)O[C@H](COC(=O)CCCCCCC/C=C\CCCCCC)COC(=O)CCCCCCCCCCCCCCCCC. The first-order chi connectivity index (χ1) is 30.0. The fourth-order valence-corrected chi connectivity index (χ4v) is 7.84.